The molecule has 1 aromatic heterocycles. The molecule has 0 atom stereocenters. The van der Waals surface area contributed by atoms with Gasteiger partial charge in [-0.3, -0.25) is 14.7 Å². The lowest BCUT2D eigenvalue weighted by Gasteiger charge is -2.12. The number of hydrogen-bond donors (Lipinski definition) is 3. The minimum Gasteiger partial charge on any atom is -0.370 e. The molecule has 0 fully saturated rings. The minimum atomic E-state index is -4.55. The zero-order valence-corrected chi connectivity index (χ0v) is 17.7. The summed E-state index contributed by atoms with van der Waals surface area (Å²) in [5.74, 6) is 0.0406. The molecule has 170 valence electrons. The van der Waals surface area contributed by atoms with Gasteiger partial charge in [-0.1, -0.05) is 18.2 Å². The summed E-state index contributed by atoms with van der Waals surface area (Å²) in [5.41, 5.74) is 11.1. The fourth-order valence-corrected chi connectivity index (χ4v) is 4.13. The molecule has 0 amide bonds. The number of hydrogen-bond acceptors (Lipinski definition) is 4. The molecular formula is C21H22F3N5O2S. The smallest absolute Gasteiger partial charge is 0.370 e. The van der Waals surface area contributed by atoms with Crippen molar-refractivity contribution in [2.45, 2.75) is 30.3 Å². The number of sulfonamides is 1. The van der Waals surface area contributed by atoms with E-state index in [-0.39, 0.29) is 16.5 Å². The van der Waals surface area contributed by atoms with E-state index < -0.39 is 21.8 Å². The highest BCUT2D eigenvalue weighted by Crippen LogP contribution is 2.30. The van der Waals surface area contributed by atoms with Crippen LogP contribution in [0.1, 0.15) is 24.1 Å². The van der Waals surface area contributed by atoms with Crippen molar-refractivity contribution in [1.29, 1.82) is 0 Å². The first-order valence-electron chi connectivity index (χ1n) is 9.70. The Hall–Kier alpha value is -3.34. The van der Waals surface area contributed by atoms with Crippen molar-refractivity contribution >= 4 is 32.6 Å². The SMILES string of the molecule is NC(N)=NCCCCc1ccc2cccc(NS(=O)(=O)c3ccc(C(F)(F)F)cc3)c2n1. The van der Waals surface area contributed by atoms with E-state index in [2.05, 4.69) is 14.7 Å². The topological polar surface area (TPSA) is 123 Å². The van der Waals surface area contributed by atoms with E-state index in [1.807, 2.05) is 12.1 Å². The Bertz CT molecular complexity index is 1220. The molecule has 3 rings (SSSR count). The molecule has 1 heterocycles. The molecule has 0 aliphatic rings. The second-order valence-electron chi connectivity index (χ2n) is 7.07. The molecule has 0 aliphatic heterocycles. The van der Waals surface area contributed by atoms with Gasteiger partial charge in [-0.25, -0.2) is 8.42 Å². The number of nitrogens with zero attached hydrogens (tertiary/aromatic N) is 2. The molecule has 7 nitrogen and oxygen atoms in total. The molecule has 5 N–H and O–H groups in total. The third-order valence-corrected chi connectivity index (χ3v) is 6.03. The third kappa shape index (κ3) is 5.88. The lowest BCUT2D eigenvalue weighted by molar-refractivity contribution is -0.137. The number of alkyl halides is 3. The molecule has 3 aromatic rings. The molecule has 0 unspecified atom stereocenters. The zero-order valence-electron chi connectivity index (χ0n) is 16.9. The zero-order chi connectivity index (χ0) is 23.4. The number of pyridine rings is 1. The first kappa shape index (κ1) is 23.3. The summed E-state index contributed by atoms with van der Waals surface area (Å²) in [6, 6.07) is 12.0. The summed E-state index contributed by atoms with van der Waals surface area (Å²) in [6.07, 6.45) is -2.35. The van der Waals surface area contributed by atoms with E-state index in [0.29, 0.717) is 18.5 Å². The molecule has 0 spiro atoms. The van der Waals surface area contributed by atoms with Crippen LogP contribution >= 0.6 is 0 Å². The lowest BCUT2D eigenvalue weighted by Crippen LogP contribution is -2.22. The normalized spacial score (nSPS) is 12.0. The number of anilines is 1. The number of para-hydroxylation sites is 1. The van der Waals surface area contributed by atoms with Crippen LogP contribution in [0, 0.1) is 0 Å². The Labute approximate surface area is 183 Å². The Kier molecular flexibility index (Phi) is 6.87. The third-order valence-electron chi connectivity index (χ3n) is 4.65. The van der Waals surface area contributed by atoms with Gasteiger partial charge < -0.3 is 11.5 Å². The van der Waals surface area contributed by atoms with E-state index in [1.165, 1.54) is 0 Å². The molecule has 2 aromatic carbocycles. The van der Waals surface area contributed by atoms with Crippen molar-refractivity contribution in [2.24, 2.45) is 16.5 Å². The van der Waals surface area contributed by atoms with Gasteiger partial charge in [0, 0.05) is 17.6 Å². The summed E-state index contributed by atoms with van der Waals surface area (Å²) in [4.78, 5) is 8.21. The molecule has 0 radical (unpaired) electrons. The van der Waals surface area contributed by atoms with Crippen LogP contribution in [-0.2, 0) is 22.6 Å². The predicted molar refractivity (Wildman–Crippen MR) is 118 cm³/mol. The Morgan fingerprint density at radius 1 is 1.00 bits per heavy atom. The van der Waals surface area contributed by atoms with Crippen molar-refractivity contribution in [2.75, 3.05) is 11.3 Å². The van der Waals surface area contributed by atoms with Crippen LogP contribution in [-0.4, -0.2) is 25.9 Å². The molecule has 0 saturated carbocycles. The Morgan fingerprint density at radius 3 is 2.38 bits per heavy atom. The highest BCUT2D eigenvalue weighted by Gasteiger charge is 2.30. The van der Waals surface area contributed by atoms with Crippen molar-refractivity contribution in [1.82, 2.24) is 4.98 Å². The first-order valence-corrected chi connectivity index (χ1v) is 11.2. The first-order chi connectivity index (χ1) is 15.1. The molecule has 0 aliphatic carbocycles. The van der Waals surface area contributed by atoms with Gasteiger partial charge >= 0.3 is 6.18 Å². The number of rotatable bonds is 8. The van der Waals surface area contributed by atoms with Crippen LogP contribution in [0.3, 0.4) is 0 Å². The van der Waals surface area contributed by atoms with Gasteiger partial charge in [0.15, 0.2) is 5.96 Å². The van der Waals surface area contributed by atoms with Crippen molar-refractivity contribution in [3.8, 4) is 0 Å². The maximum Gasteiger partial charge on any atom is 0.416 e. The summed E-state index contributed by atoms with van der Waals surface area (Å²) in [7, 11) is -4.11. The number of halogens is 3. The number of nitrogens with one attached hydrogen (secondary N) is 1. The number of aromatic nitrogens is 1. The van der Waals surface area contributed by atoms with Gasteiger partial charge in [-0.05, 0) is 55.7 Å². The van der Waals surface area contributed by atoms with Crippen LogP contribution in [0.4, 0.5) is 18.9 Å². The van der Waals surface area contributed by atoms with E-state index in [0.717, 1.165) is 48.2 Å². The minimum absolute atomic E-state index is 0.0406. The standard InChI is InChI=1S/C21H22F3N5O2S/c22-21(23,24)15-8-11-17(12-9-15)32(30,31)29-18-6-3-4-14-7-10-16(28-19(14)18)5-1-2-13-27-20(25)26/h3-4,6-12,29H,1-2,5,13H2,(H4,25,26,27). The highest BCUT2D eigenvalue weighted by molar-refractivity contribution is 7.92. The average Bonchev–Trinajstić information content (AvgIpc) is 2.73. The lowest BCUT2D eigenvalue weighted by atomic mass is 10.1. The van der Waals surface area contributed by atoms with Crippen molar-refractivity contribution < 1.29 is 21.6 Å². The fraction of sp³-hybridized carbons (Fsp3) is 0.238. The number of benzene rings is 2. The van der Waals surface area contributed by atoms with Crippen LogP contribution in [0.2, 0.25) is 0 Å². The van der Waals surface area contributed by atoms with Gasteiger partial charge in [0.2, 0.25) is 0 Å². The number of aryl methyl sites for hydroxylation is 1. The number of fused-ring (bicyclic) bond motifs is 1. The second-order valence-corrected chi connectivity index (χ2v) is 8.75. The van der Waals surface area contributed by atoms with Gasteiger partial charge in [0.1, 0.15) is 0 Å². The van der Waals surface area contributed by atoms with E-state index >= 15 is 0 Å². The predicted octanol–water partition coefficient (Wildman–Crippen LogP) is 3.65. The maximum atomic E-state index is 12.8. The second kappa shape index (κ2) is 9.43. The molecule has 0 bridgehead atoms. The van der Waals surface area contributed by atoms with Crippen LogP contribution in [0.5, 0.6) is 0 Å². The van der Waals surface area contributed by atoms with E-state index in [4.69, 9.17) is 11.5 Å². The summed E-state index contributed by atoms with van der Waals surface area (Å²) >= 11 is 0. The number of aliphatic imine (C=N–C) groups is 1. The van der Waals surface area contributed by atoms with E-state index in [9.17, 15) is 21.6 Å². The number of nitrogens with two attached hydrogens (primary N) is 2. The van der Waals surface area contributed by atoms with E-state index in [1.54, 1.807) is 18.2 Å². The quantitative estimate of drug-likeness (QED) is 0.266. The summed E-state index contributed by atoms with van der Waals surface area (Å²) in [5, 5.41) is 0.724. The molecular weight excluding hydrogens is 443 g/mol. The summed E-state index contributed by atoms with van der Waals surface area (Å²) in [6.45, 7) is 0.508. The molecule has 11 heteroatoms. The van der Waals surface area contributed by atoms with Crippen LogP contribution < -0.4 is 16.2 Å². The molecule has 32 heavy (non-hydrogen) atoms. The Morgan fingerprint density at radius 2 is 1.72 bits per heavy atom. The average molecular weight is 466 g/mol. The van der Waals surface area contributed by atoms with Crippen molar-refractivity contribution in [3.63, 3.8) is 0 Å². The fourth-order valence-electron chi connectivity index (χ4n) is 3.06. The van der Waals surface area contributed by atoms with Gasteiger partial charge in [0.25, 0.3) is 10.0 Å². The van der Waals surface area contributed by atoms with Crippen LogP contribution in [0.25, 0.3) is 10.9 Å². The van der Waals surface area contributed by atoms with Gasteiger partial charge in [-0.15, -0.1) is 0 Å². The van der Waals surface area contributed by atoms with Gasteiger partial charge in [-0.2, -0.15) is 13.2 Å². The number of unbranched alkanes of at least 4 members (excludes halogenated alkanes) is 1. The van der Waals surface area contributed by atoms with Crippen molar-refractivity contribution in [3.05, 3.63) is 65.9 Å². The monoisotopic (exact) mass is 465 g/mol. The maximum absolute atomic E-state index is 12.8. The largest absolute Gasteiger partial charge is 0.416 e. The summed E-state index contributed by atoms with van der Waals surface area (Å²) < 4.78 is 66.2. The number of guanidine groups is 1. The van der Waals surface area contributed by atoms with Crippen LogP contribution in [0.15, 0.2) is 64.5 Å². The highest BCUT2D eigenvalue weighted by atomic mass is 32.2. The molecule has 0 saturated heterocycles. The Balaban J connectivity index is 1.81. The van der Waals surface area contributed by atoms with Gasteiger partial charge in [0.05, 0.1) is 21.7 Å².